The fourth-order valence-corrected chi connectivity index (χ4v) is 3.70. The number of nitrogens with zero attached hydrogens (tertiary/aromatic N) is 1. The van der Waals surface area contributed by atoms with Gasteiger partial charge < -0.3 is 20.7 Å². The molecular formula is C26H25N3O4. The standard InChI is InChI=1S/C26H25N3O4/c27-24(30)19-6-10-22(11-7-19)33-23-12-8-20(9-13-23)25(31)28-17-18-4-3-5-21(16-18)26(32)29-14-1-2-15-29/h3-13,16H,1-2,14-15,17H2,(H2,27,30)(H,28,31). The first-order chi connectivity index (χ1) is 16.0. The summed E-state index contributed by atoms with van der Waals surface area (Å²) in [4.78, 5) is 38.1. The predicted octanol–water partition coefficient (Wildman–Crippen LogP) is 3.74. The minimum atomic E-state index is -0.498. The maximum atomic E-state index is 12.6. The summed E-state index contributed by atoms with van der Waals surface area (Å²) in [5, 5.41) is 2.89. The number of ether oxygens (including phenoxy) is 1. The summed E-state index contributed by atoms with van der Waals surface area (Å²) in [5.41, 5.74) is 7.65. The number of likely N-dealkylation sites (tertiary alicyclic amines) is 1. The van der Waals surface area contributed by atoms with Crippen molar-refractivity contribution in [1.29, 1.82) is 0 Å². The van der Waals surface area contributed by atoms with Crippen LogP contribution >= 0.6 is 0 Å². The Morgan fingerprint density at radius 3 is 2.03 bits per heavy atom. The molecule has 33 heavy (non-hydrogen) atoms. The first-order valence-electron chi connectivity index (χ1n) is 10.8. The van der Waals surface area contributed by atoms with Crippen LogP contribution in [0.25, 0.3) is 0 Å². The molecule has 0 unspecified atom stereocenters. The lowest BCUT2D eigenvalue weighted by atomic mass is 10.1. The monoisotopic (exact) mass is 443 g/mol. The molecule has 7 nitrogen and oxygen atoms in total. The van der Waals surface area contributed by atoms with Gasteiger partial charge in [-0.05, 0) is 79.1 Å². The summed E-state index contributed by atoms with van der Waals surface area (Å²) in [6.45, 7) is 1.93. The molecule has 3 N–H and O–H groups in total. The molecule has 1 heterocycles. The van der Waals surface area contributed by atoms with Gasteiger partial charge in [-0.3, -0.25) is 14.4 Å². The SMILES string of the molecule is NC(=O)c1ccc(Oc2ccc(C(=O)NCc3cccc(C(=O)N4CCCC4)c3)cc2)cc1. The summed E-state index contributed by atoms with van der Waals surface area (Å²) < 4.78 is 5.74. The normalized spacial score (nSPS) is 12.9. The topological polar surface area (TPSA) is 102 Å². The number of carbonyl (C=O) groups is 3. The first kappa shape index (κ1) is 22.1. The summed E-state index contributed by atoms with van der Waals surface area (Å²) in [6, 6.07) is 20.6. The van der Waals surface area contributed by atoms with Crippen LogP contribution in [0.5, 0.6) is 11.5 Å². The van der Waals surface area contributed by atoms with Gasteiger partial charge in [0.15, 0.2) is 0 Å². The van der Waals surface area contributed by atoms with Gasteiger partial charge in [0.05, 0.1) is 0 Å². The Kier molecular flexibility index (Phi) is 6.69. The van der Waals surface area contributed by atoms with E-state index in [1.807, 2.05) is 29.2 Å². The van der Waals surface area contributed by atoms with Gasteiger partial charge in [-0.25, -0.2) is 0 Å². The molecule has 0 radical (unpaired) electrons. The van der Waals surface area contributed by atoms with Crippen molar-refractivity contribution in [2.75, 3.05) is 13.1 Å². The van der Waals surface area contributed by atoms with Crippen LogP contribution in [0.2, 0.25) is 0 Å². The van der Waals surface area contributed by atoms with Crippen LogP contribution in [0.4, 0.5) is 0 Å². The van der Waals surface area contributed by atoms with Crippen LogP contribution in [0.15, 0.2) is 72.8 Å². The molecule has 4 rings (SSSR count). The average Bonchev–Trinajstić information content (AvgIpc) is 3.38. The fraction of sp³-hybridized carbons (Fsp3) is 0.192. The number of hydrogen-bond acceptors (Lipinski definition) is 4. The van der Waals surface area contributed by atoms with Crippen LogP contribution in [-0.4, -0.2) is 35.7 Å². The second kappa shape index (κ2) is 9.99. The third-order valence-electron chi connectivity index (χ3n) is 5.51. The number of primary amides is 1. The molecule has 3 aromatic carbocycles. The summed E-state index contributed by atoms with van der Waals surface area (Å²) in [7, 11) is 0. The average molecular weight is 444 g/mol. The molecule has 1 saturated heterocycles. The van der Waals surface area contributed by atoms with E-state index < -0.39 is 5.91 Å². The highest BCUT2D eigenvalue weighted by atomic mass is 16.5. The number of nitrogens with one attached hydrogen (secondary N) is 1. The number of amides is 3. The van der Waals surface area contributed by atoms with Gasteiger partial charge in [-0.2, -0.15) is 0 Å². The van der Waals surface area contributed by atoms with Crippen molar-refractivity contribution in [1.82, 2.24) is 10.2 Å². The van der Waals surface area contributed by atoms with Gasteiger partial charge in [0, 0.05) is 36.3 Å². The van der Waals surface area contributed by atoms with Gasteiger partial charge in [0.2, 0.25) is 5.91 Å². The molecule has 0 aromatic heterocycles. The van der Waals surface area contributed by atoms with E-state index in [1.54, 1.807) is 48.5 Å². The maximum Gasteiger partial charge on any atom is 0.253 e. The zero-order valence-electron chi connectivity index (χ0n) is 18.1. The van der Waals surface area contributed by atoms with E-state index in [-0.39, 0.29) is 11.8 Å². The van der Waals surface area contributed by atoms with Crippen molar-refractivity contribution in [2.24, 2.45) is 5.73 Å². The van der Waals surface area contributed by atoms with Crippen LogP contribution < -0.4 is 15.8 Å². The van der Waals surface area contributed by atoms with Gasteiger partial charge in [0.1, 0.15) is 11.5 Å². The lowest BCUT2D eigenvalue weighted by Crippen LogP contribution is -2.28. The van der Waals surface area contributed by atoms with Crippen LogP contribution in [0.1, 0.15) is 49.5 Å². The van der Waals surface area contributed by atoms with E-state index in [9.17, 15) is 14.4 Å². The number of hydrogen-bond donors (Lipinski definition) is 2. The third kappa shape index (κ3) is 5.57. The van der Waals surface area contributed by atoms with Crippen molar-refractivity contribution in [3.8, 4) is 11.5 Å². The lowest BCUT2D eigenvalue weighted by molar-refractivity contribution is 0.0792. The first-order valence-corrected chi connectivity index (χ1v) is 10.8. The summed E-state index contributed by atoms with van der Waals surface area (Å²) in [6.07, 6.45) is 2.10. The summed E-state index contributed by atoms with van der Waals surface area (Å²) in [5.74, 6) is 0.443. The number of nitrogens with two attached hydrogens (primary N) is 1. The Balaban J connectivity index is 1.33. The molecular weight excluding hydrogens is 418 g/mol. The predicted molar refractivity (Wildman–Crippen MR) is 124 cm³/mol. The zero-order chi connectivity index (χ0) is 23.2. The van der Waals surface area contributed by atoms with E-state index in [2.05, 4.69) is 5.32 Å². The highest BCUT2D eigenvalue weighted by Gasteiger charge is 2.19. The minimum Gasteiger partial charge on any atom is -0.457 e. The molecule has 3 amide bonds. The van der Waals surface area contributed by atoms with Gasteiger partial charge in [-0.1, -0.05) is 12.1 Å². The number of rotatable bonds is 7. The molecule has 1 fully saturated rings. The second-order valence-electron chi connectivity index (χ2n) is 7.90. The molecule has 0 bridgehead atoms. The summed E-state index contributed by atoms with van der Waals surface area (Å²) >= 11 is 0. The smallest absolute Gasteiger partial charge is 0.253 e. The van der Waals surface area contributed by atoms with Crippen LogP contribution in [-0.2, 0) is 6.54 Å². The van der Waals surface area contributed by atoms with E-state index in [0.717, 1.165) is 31.5 Å². The van der Waals surface area contributed by atoms with Crippen molar-refractivity contribution in [3.63, 3.8) is 0 Å². The van der Waals surface area contributed by atoms with Crippen LogP contribution in [0.3, 0.4) is 0 Å². The Morgan fingerprint density at radius 2 is 1.42 bits per heavy atom. The highest BCUT2D eigenvalue weighted by molar-refractivity contribution is 5.95. The molecule has 0 aliphatic carbocycles. The number of benzene rings is 3. The second-order valence-corrected chi connectivity index (χ2v) is 7.90. The Labute approximate surface area is 192 Å². The zero-order valence-corrected chi connectivity index (χ0v) is 18.1. The molecule has 1 aliphatic heterocycles. The van der Waals surface area contributed by atoms with E-state index in [4.69, 9.17) is 10.5 Å². The Morgan fingerprint density at radius 1 is 0.818 bits per heavy atom. The fourth-order valence-electron chi connectivity index (χ4n) is 3.70. The van der Waals surface area contributed by atoms with Gasteiger partial charge in [-0.15, -0.1) is 0 Å². The number of carbonyl (C=O) groups excluding carboxylic acids is 3. The molecule has 0 spiro atoms. The highest BCUT2D eigenvalue weighted by Crippen LogP contribution is 2.22. The molecule has 0 atom stereocenters. The van der Waals surface area contributed by atoms with Crippen molar-refractivity contribution in [2.45, 2.75) is 19.4 Å². The van der Waals surface area contributed by atoms with Crippen molar-refractivity contribution < 1.29 is 19.1 Å². The lowest BCUT2D eigenvalue weighted by Gasteiger charge is -2.15. The van der Waals surface area contributed by atoms with Crippen molar-refractivity contribution >= 4 is 17.7 Å². The Bertz CT molecular complexity index is 1150. The third-order valence-corrected chi connectivity index (χ3v) is 5.51. The molecule has 3 aromatic rings. The molecule has 0 saturated carbocycles. The van der Waals surface area contributed by atoms with Gasteiger partial charge in [0.25, 0.3) is 11.8 Å². The molecule has 7 heteroatoms. The van der Waals surface area contributed by atoms with E-state index in [0.29, 0.717) is 34.7 Å². The molecule has 168 valence electrons. The minimum absolute atomic E-state index is 0.0422. The Hall–Kier alpha value is -4.13. The van der Waals surface area contributed by atoms with Gasteiger partial charge >= 0.3 is 0 Å². The van der Waals surface area contributed by atoms with Crippen molar-refractivity contribution in [3.05, 3.63) is 95.1 Å². The van der Waals surface area contributed by atoms with E-state index in [1.165, 1.54) is 0 Å². The van der Waals surface area contributed by atoms with E-state index >= 15 is 0 Å². The maximum absolute atomic E-state index is 12.6. The largest absolute Gasteiger partial charge is 0.457 e. The van der Waals surface area contributed by atoms with Crippen LogP contribution in [0, 0.1) is 0 Å². The molecule has 1 aliphatic rings. The quantitative estimate of drug-likeness (QED) is 0.581.